The Morgan fingerprint density at radius 3 is 2.71 bits per heavy atom. The number of rotatable bonds is 4. The quantitative estimate of drug-likeness (QED) is 0.794. The van der Waals surface area contributed by atoms with Crippen molar-refractivity contribution in [3.8, 4) is 11.5 Å². The molecule has 0 radical (unpaired) electrons. The molecule has 1 saturated carbocycles. The van der Waals surface area contributed by atoms with E-state index in [1.807, 2.05) is 13.0 Å². The largest absolute Gasteiger partial charge is 0.466 e. The molecule has 3 rings (SSSR count). The zero-order chi connectivity index (χ0) is 14.7. The van der Waals surface area contributed by atoms with Gasteiger partial charge in [-0.25, -0.2) is 0 Å². The standard InChI is InChI=1S/C17H22O4/c1-2-19-17(18)9-12-3-5-13(6-4-12)14-7-8-15-16(10-14)21-11-20-15/h7-8,10,12-13H,2-6,9,11H2,1H3. The average molecular weight is 290 g/mol. The van der Waals surface area contributed by atoms with Gasteiger partial charge in [0.05, 0.1) is 6.61 Å². The fraction of sp³-hybridized carbons (Fsp3) is 0.588. The van der Waals surface area contributed by atoms with Gasteiger partial charge in [0.1, 0.15) is 0 Å². The minimum atomic E-state index is -0.0518. The third-order valence-electron chi connectivity index (χ3n) is 4.48. The number of fused-ring (bicyclic) bond motifs is 1. The summed E-state index contributed by atoms with van der Waals surface area (Å²) in [6.45, 7) is 2.66. The van der Waals surface area contributed by atoms with Gasteiger partial charge in [0, 0.05) is 6.42 Å². The lowest BCUT2D eigenvalue weighted by molar-refractivity contribution is -0.144. The molecular weight excluding hydrogens is 268 g/mol. The molecule has 0 spiro atoms. The van der Waals surface area contributed by atoms with Crippen LogP contribution in [0.5, 0.6) is 11.5 Å². The highest BCUT2D eigenvalue weighted by Gasteiger charge is 2.25. The molecule has 1 aliphatic carbocycles. The smallest absolute Gasteiger partial charge is 0.306 e. The highest BCUT2D eigenvalue weighted by atomic mass is 16.7. The summed E-state index contributed by atoms with van der Waals surface area (Å²) < 4.78 is 15.8. The summed E-state index contributed by atoms with van der Waals surface area (Å²) in [5.74, 6) is 2.70. The van der Waals surface area contributed by atoms with Crippen LogP contribution in [-0.4, -0.2) is 19.4 Å². The number of carbonyl (C=O) groups excluding carboxylic acids is 1. The molecule has 1 fully saturated rings. The molecule has 0 amide bonds. The van der Waals surface area contributed by atoms with Crippen LogP contribution in [0.1, 0.15) is 50.5 Å². The number of esters is 1. The highest BCUT2D eigenvalue weighted by molar-refractivity contribution is 5.69. The molecule has 114 valence electrons. The lowest BCUT2D eigenvalue weighted by Crippen LogP contribution is -2.17. The van der Waals surface area contributed by atoms with Crippen molar-refractivity contribution in [3.05, 3.63) is 23.8 Å². The number of benzene rings is 1. The summed E-state index contributed by atoms with van der Waals surface area (Å²) in [5.41, 5.74) is 1.33. The zero-order valence-electron chi connectivity index (χ0n) is 12.5. The van der Waals surface area contributed by atoms with Gasteiger partial charge in [-0.2, -0.15) is 0 Å². The molecular formula is C17H22O4. The fourth-order valence-corrected chi connectivity index (χ4v) is 3.32. The molecule has 1 aliphatic heterocycles. The van der Waals surface area contributed by atoms with Gasteiger partial charge in [-0.15, -0.1) is 0 Å². The molecule has 0 saturated heterocycles. The van der Waals surface area contributed by atoms with Crippen LogP contribution in [0.3, 0.4) is 0 Å². The second-order valence-electron chi connectivity index (χ2n) is 5.84. The van der Waals surface area contributed by atoms with Gasteiger partial charge in [-0.3, -0.25) is 4.79 Å². The molecule has 0 bridgehead atoms. The Morgan fingerprint density at radius 1 is 1.19 bits per heavy atom. The zero-order valence-corrected chi connectivity index (χ0v) is 12.5. The van der Waals surface area contributed by atoms with Gasteiger partial charge < -0.3 is 14.2 Å². The summed E-state index contributed by atoms with van der Waals surface area (Å²) in [4.78, 5) is 11.5. The van der Waals surface area contributed by atoms with E-state index < -0.39 is 0 Å². The highest BCUT2D eigenvalue weighted by Crippen LogP contribution is 2.41. The fourth-order valence-electron chi connectivity index (χ4n) is 3.32. The van der Waals surface area contributed by atoms with Crippen LogP contribution in [0, 0.1) is 5.92 Å². The first-order valence-electron chi connectivity index (χ1n) is 7.81. The van der Waals surface area contributed by atoms with Gasteiger partial charge in [-0.05, 0) is 62.1 Å². The van der Waals surface area contributed by atoms with Crippen molar-refractivity contribution in [3.63, 3.8) is 0 Å². The molecule has 0 aromatic heterocycles. The first kappa shape index (κ1) is 14.2. The van der Waals surface area contributed by atoms with Crippen LogP contribution in [0.15, 0.2) is 18.2 Å². The molecule has 2 aliphatic rings. The predicted octanol–water partition coefficient (Wildman–Crippen LogP) is 3.64. The van der Waals surface area contributed by atoms with Gasteiger partial charge in [0.2, 0.25) is 6.79 Å². The Hall–Kier alpha value is -1.71. The third kappa shape index (κ3) is 3.31. The van der Waals surface area contributed by atoms with Crippen LogP contribution in [0.4, 0.5) is 0 Å². The molecule has 1 aromatic carbocycles. The van der Waals surface area contributed by atoms with Crippen LogP contribution < -0.4 is 9.47 Å². The van der Waals surface area contributed by atoms with Crippen LogP contribution in [0.2, 0.25) is 0 Å². The summed E-state index contributed by atoms with van der Waals surface area (Å²) in [7, 11) is 0. The van der Waals surface area contributed by atoms with Gasteiger partial charge in [0.15, 0.2) is 11.5 Å². The first-order chi connectivity index (χ1) is 10.3. The maximum absolute atomic E-state index is 11.5. The lowest BCUT2D eigenvalue weighted by Gasteiger charge is -2.28. The maximum Gasteiger partial charge on any atom is 0.306 e. The predicted molar refractivity (Wildman–Crippen MR) is 78.5 cm³/mol. The molecule has 21 heavy (non-hydrogen) atoms. The van der Waals surface area contributed by atoms with Crippen molar-refractivity contribution < 1.29 is 19.0 Å². The summed E-state index contributed by atoms with van der Waals surface area (Å²) in [5, 5.41) is 0. The SMILES string of the molecule is CCOC(=O)CC1CCC(c2ccc3c(c2)OCO3)CC1. The first-order valence-corrected chi connectivity index (χ1v) is 7.81. The monoisotopic (exact) mass is 290 g/mol. The maximum atomic E-state index is 11.5. The second kappa shape index (κ2) is 6.37. The van der Waals surface area contributed by atoms with Crippen molar-refractivity contribution in [2.75, 3.05) is 13.4 Å². The van der Waals surface area contributed by atoms with Crippen LogP contribution in [-0.2, 0) is 9.53 Å². The number of hydrogen-bond donors (Lipinski definition) is 0. The van der Waals surface area contributed by atoms with Gasteiger partial charge in [-0.1, -0.05) is 6.07 Å². The van der Waals surface area contributed by atoms with E-state index in [4.69, 9.17) is 14.2 Å². The Kier molecular flexibility index (Phi) is 4.32. The number of carbonyl (C=O) groups is 1. The second-order valence-corrected chi connectivity index (χ2v) is 5.84. The van der Waals surface area contributed by atoms with Crippen molar-refractivity contribution in [1.29, 1.82) is 0 Å². The van der Waals surface area contributed by atoms with E-state index in [2.05, 4.69) is 12.1 Å². The Morgan fingerprint density at radius 2 is 1.95 bits per heavy atom. The molecule has 0 atom stereocenters. The van der Waals surface area contributed by atoms with Gasteiger partial charge >= 0.3 is 5.97 Å². The molecule has 4 nitrogen and oxygen atoms in total. The van der Waals surface area contributed by atoms with Crippen molar-refractivity contribution in [2.45, 2.75) is 44.9 Å². The Bertz CT molecular complexity index is 504. The molecule has 0 N–H and O–H groups in total. The lowest BCUT2D eigenvalue weighted by atomic mass is 9.77. The Balaban J connectivity index is 1.55. The average Bonchev–Trinajstić information content (AvgIpc) is 2.95. The molecule has 1 aromatic rings. The van der Waals surface area contributed by atoms with Crippen molar-refractivity contribution in [1.82, 2.24) is 0 Å². The summed E-state index contributed by atoms with van der Waals surface area (Å²) in [6.07, 6.45) is 5.02. The van der Waals surface area contributed by atoms with E-state index in [1.54, 1.807) is 0 Å². The van der Waals surface area contributed by atoms with E-state index in [0.29, 0.717) is 31.7 Å². The van der Waals surface area contributed by atoms with Crippen molar-refractivity contribution >= 4 is 5.97 Å². The van der Waals surface area contributed by atoms with E-state index in [-0.39, 0.29) is 5.97 Å². The van der Waals surface area contributed by atoms with E-state index >= 15 is 0 Å². The third-order valence-corrected chi connectivity index (χ3v) is 4.48. The number of hydrogen-bond acceptors (Lipinski definition) is 4. The van der Waals surface area contributed by atoms with E-state index in [0.717, 1.165) is 37.2 Å². The van der Waals surface area contributed by atoms with Gasteiger partial charge in [0.25, 0.3) is 0 Å². The van der Waals surface area contributed by atoms with Crippen molar-refractivity contribution in [2.24, 2.45) is 5.92 Å². The van der Waals surface area contributed by atoms with Crippen LogP contribution >= 0.6 is 0 Å². The van der Waals surface area contributed by atoms with E-state index in [1.165, 1.54) is 5.56 Å². The molecule has 4 heteroatoms. The molecule has 1 heterocycles. The minimum absolute atomic E-state index is 0.0518. The molecule has 0 unspecified atom stereocenters. The van der Waals surface area contributed by atoms with E-state index in [9.17, 15) is 4.79 Å². The number of ether oxygens (including phenoxy) is 3. The Labute approximate surface area is 125 Å². The minimum Gasteiger partial charge on any atom is -0.466 e. The normalized spacial score (nSPS) is 23.9. The van der Waals surface area contributed by atoms with Crippen LogP contribution in [0.25, 0.3) is 0 Å². The summed E-state index contributed by atoms with van der Waals surface area (Å²) >= 11 is 0. The topological polar surface area (TPSA) is 44.8 Å². The summed E-state index contributed by atoms with van der Waals surface area (Å²) in [6, 6.07) is 6.25.